The van der Waals surface area contributed by atoms with Gasteiger partial charge in [0, 0.05) is 6.42 Å². The van der Waals surface area contributed by atoms with Crippen LogP contribution < -0.4 is 11.5 Å². The largest absolute Gasteiger partial charge is 0.435 e. The first kappa shape index (κ1) is 11.4. The maximum Gasteiger partial charge on any atom is 0.435 e. The van der Waals surface area contributed by atoms with Crippen LogP contribution in [-0.4, -0.2) is 36.7 Å². The number of hydrogen-bond acceptors (Lipinski definition) is 2. The van der Waals surface area contributed by atoms with Gasteiger partial charge in [-0.3, -0.25) is 0 Å². The lowest BCUT2D eigenvalue weighted by Crippen LogP contribution is -2.53. The highest BCUT2D eigenvalue weighted by atomic mass is 16.2. The molecule has 3 N–H and O–H groups in total. The van der Waals surface area contributed by atoms with Crippen LogP contribution in [0.3, 0.4) is 0 Å². The molecule has 0 rings (SSSR count). The van der Waals surface area contributed by atoms with Crippen molar-refractivity contribution in [2.24, 2.45) is 5.73 Å². The van der Waals surface area contributed by atoms with Gasteiger partial charge in [-0.2, -0.15) is 0 Å². The molecule has 0 aliphatic heterocycles. The fourth-order valence-corrected chi connectivity index (χ4v) is 1.32. The highest BCUT2D eigenvalue weighted by Crippen LogP contribution is 2.07. The standard InChI is InChI=1S/C8H19N3O/c1-3-11(4-2,8(10)12)7-5-6-9/h10H,3-7,9H2,1-2H3/q+1. The van der Waals surface area contributed by atoms with Crippen LogP contribution >= 0.6 is 0 Å². The first-order valence-electron chi connectivity index (χ1n) is 4.45. The van der Waals surface area contributed by atoms with Gasteiger partial charge < -0.3 is 5.73 Å². The Morgan fingerprint density at radius 3 is 2.17 bits per heavy atom. The number of quaternary nitrogens is 1. The minimum absolute atomic E-state index is 0.247. The van der Waals surface area contributed by atoms with Crippen LogP contribution in [0.2, 0.25) is 0 Å². The van der Waals surface area contributed by atoms with E-state index in [0.717, 1.165) is 6.42 Å². The highest BCUT2D eigenvalue weighted by molar-refractivity contribution is 5.63. The molecule has 0 aromatic rings. The van der Waals surface area contributed by atoms with E-state index < -0.39 is 6.03 Å². The number of hydrogen-bond donors (Lipinski definition) is 1. The van der Waals surface area contributed by atoms with Crippen molar-refractivity contribution < 1.29 is 9.28 Å². The molecule has 4 heteroatoms. The average Bonchev–Trinajstić information content (AvgIpc) is 2.07. The van der Waals surface area contributed by atoms with Crippen molar-refractivity contribution in [1.82, 2.24) is 5.73 Å². The number of nitrogens with zero attached hydrogens (tertiary/aromatic N) is 1. The third-order valence-electron chi connectivity index (χ3n) is 2.43. The van der Waals surface area contributed by atoms with Crippen molar-refractivity contribution in [3.05, 3.63) is 0 Å². The topological polar surface area (TPSA) is 66.9 Å². The Hall–Kier alpha value is -0.610. The lowest BCUT2D eigenvalue weighted by Gasteiger charge is -2.30. The van der Waals surface area contributed by atoms with Gasteiger partial charge in [0.2, 0.25) is 0 Å². The molecule has 0 aliphatic carbocycles. The zero-order valence-electron chi connectivity index (χ0n) is 7.97. The van der Waals surface area contributed by atoms with E-state index in [2.05, 4.69) is 0 Å². The van der Waals surface area contributed by atoms with Crippen molar-refractivity contribution >= 4 is 6.03 Å². The van der Waals surface area contributed by atoms with Gasteiger partial charge >= 0.3 is 6.03 Å². The number of carbonyl (C=O) groups excluding carboxylic acids is 1. The molecule has 0 atom stereocenters. The Labute approximate surface area is 74.1 Å². The van der Waals surface area contributed by atoms with E-state index >= 15 is 0 Å². The SMILES string of the molecule is CC[N+](CC)(CCCN)C([NH])=O. The molecule has 0 aromatic carbocycles. The molecule has 2 amide bonds. The maximum atomic E-state index is 11.0. The summed E-state index contributed by atoms with van der Waals surface area (Å²) in [6.07, 6.45) is 0.812. The fourth-order valence-electron chi connectivity index (χ4n) is 1.32. The number of nitrogens with one attached hydrogen (secondary N) is 1. The zero-order valence-corrected chi connectivity index (χ0v) is 7.97. The Balaban J connectivity index is 4.25. The summed E-state index contributed by atoms with van der Waals surface area (Å²) in [5.41, 5.74) is 12.5. The van der Waals surface area contributed by atoms with Crippen molar-refractivity contribution in [2.45, 2.75) is 20.3 Å². The number of amides is 2. The number of rotatable bonds is 5. The van der Waals surface area contributed by atoms with E-state index in [-0.39, 0.29) is 4.48 Å². The Morgan fingerprint density at radius 2 is 1.92 bits per heavy atom. The Kier molecular flexibility index (Phi) is 4.85. The van der Waals surface area contributed by atoms with Crippen LogP contribution in [-0.2, 0) is 0 Å². The van der Waals surface area contributed by atoms with Crippen LogP contribution in [0.1, 0.15) is 20.3 Å². The van der Waals surface area contributed by atoms with Gasteiger partial charge in [0.15, 0.2) is 0 Å². The predicted molar refractivity (Wildman–Crippen MR) is 48.4 cm³/mol. The molecule has 0 spiro atoms. The van der Waals surface area contributed by atoms with E-state index in [9.17, 15) is 4.79 Å². The van der Waals surface area contributed by atoms with Gasteiger partial charge in [-0.1, -0.05) is 0 Å². The zero-order chi connectivity index (χ0) is 9.61. The summed E-state index contributed by atoms with van der Waals surface area (Å²) >= 11 is 0. The normalized spacial score (nSPS) is 11.6. The molecule has 12 heavy (non-hydrogen) atoms. The summed E-state index contributed by atoms with van der Waals surface area (Å²) in [6, 6.07) is -0.492. The van der Waals surface area contributed by atoms with Gasteiger partial charge in [-0.15, -0.1) is 0 Å². The van der Waals surface area contributed by atoms with Crippen LogP contribution in [0, 0.1) is 0 Å². The van der Waals surface area contributed by atoms with Gasteiger partial charge in [0.05, 0.1) is 19.6 Å². The maximum absolute atomic E-state index is 11.0. The minimum Gasteiger partial charge on any atom is -0.330 e. The molecule has 0 saturated heterocycles. The molecule has 0 aliphatic rings. The molecule has 0 fully saturated rings. The minimum atomic E-state index is -0.492. The van der Waals surface area contributed by atoms with Crippen molar-refractivity contribution in [3.63, 3.8) is 0 Å². The summed E-state index contributed by atoms with van der Waals surface area (Å²) in [5, 5.41) is 0. The predicted octanol–water partition coefficient (Wildman–Crippen LogP) is 0.595. The molecule has 0 unspecified atom stereocenters. The molecule has 0 heterocycles. The van der Waals surface area contributed by atoms with E-state index in [1.807, 2.05) is 13.8 Å². The monoisotopic (exact) mass is 173 g/mol. The van der Waals surface area contributed by atoms with Crippen LogP contribution in [0.5, 0.6) is 0 Å². The van der Waals surface area contributed by atoms with Gasteiger partial charge in [-0.05, 0) is 20.4 Å². The molecule has 1 radical (unpaired) electrons. The Bertz CT molecular complexity index is 143. The quantitative estimate of drug-likeness (QED) is 0.618. The number of nitrogens with two attached hydrogens (primary N) is 1. The van der Waals surface area contributed by atoms with Crippen LogP contribution in [0.25, 0.3) is 0 Å². The first-order chi connectivity index (χ1) is 5.63. The van der Waals surface area contributed by atoms with E-state index in [0.29, 0.717) is 26.2 Å². The van der Waals surface area contributed by atoms with Crippen molar-refractivity contribution in [2.75, 3.05) is 26.2 Å². The molecule has 0 saturated carbocycles. The molecule has 71 valence electrons. The fraction of sp³-hybridized carbons (Fsp3) is 0.875. The second-order valence-electron chi connectivity index (χ2n) is 2.95. The van der Waals surface area contributed by atoms with E-state index in [1.54, 1.807) is 0 Å². The summed E-state index contributed by atoms with van der Waals surface area (Å²) in [4.78, 5) is 11.0. The third kappa shape index (κ3) is 2.46. The summed E-state index contributed by atoms with van der Waals surface area (Å²) in [5.74, 6) is 0. The number of urea groups is 1. The lowest BCUT2D eigenvalue weighted by molar-refractivity contribution is -0.846. The second-order valence-corrected chi connectivity index (χ2v) is 2.95. The summed E-state index contributed by atoms with van der Waals surface area (Å²) in [6.45, 7) is 6.55. The van der Waals surface area contributed by atoms with E-state index in [4.69, 9.17) is 11.5 Å². The van der Waals surface area contributed by atoms with Gasteiger partial charge in [0.1, 0.15) is 0 Å². The van der Waals surface area contributed by atoms with Crippen LogP contribution in [0.15, 0.2) is 0 Å². The smallest absolute Gasteiger partial charge is 0.330 e. The molecule has 0 aromatic heterocycles. The highest BCUT2D eigenvalue weighted by Gasteiger charge is 2.30. The third-order valence-corrected chi connectivity index (χ3v) is 2.43. The average molecular weight is 173 g/mol. The summed E-state index contributed by atoms with van der Waals surface area (Å²) in [7, 11) is 0. The first-order valence-corrected chi connectivity index (χ1v) is 4.45. The molecule has 0 bridgehead atoms. The molecular formula is C8H19N3O+. The van der Waals surface area contributed by atoms with E-state index in [1.165, 1.54) is 0 Å². The summed E-state index contributed by atoms with van der Waals surface area (Å²) < 4.78 is 0.247. The van der Waals surface area contributed by atoms with Crippen molar-refractivity contribution in [1.29, 1.82) is 0 Å². The Morgan fingerprint density at radius 1 is 1.42 bits per heavy atom. The van der Waals surface area contributed by atoms with Gasteiger partial charge in [0.25, 0.3) is 0 Å². The lowest BCUT2D eigenvalue weighted by atomic mass is 10.3. The van der Waals surface area contributed by atoms with Crippen LogP contribution in [0.4, 0.5) is 4.79 Å². The van der Waals surface area contributed by atoms with Crippen molar-refractivity contribution in [3.8, 4) is 0 Å². The molecular weight excluding hydrogens is 154 g/mol. The van der Waals surface area contributed by atoms with Gasteiger partial charge in [-0.25, -0.2) is 15.0 Å². The second kappa shape index (κ2) is 5.11. The molecule has 4 nitrogen and oxygen atoms in total. The number of carbonyl (C=O) groups is 1.